The van der Waals surface area contributed by atoms with Gasteiger partial charge in [0.15, 0.2) is 0 Å². The van der Waals surface area contributed by atoms with Crippen molar-refractivity contribution in [1.29, 1.82) is 0 Å². The molecule has 0 saturated heterocycles. The normalized spacial score (nSPS) is 26.6. The number of hydrogen-bond donors (Lipinski definition) is 1. The summed E-state index contributed by atoms with van der Waals surface area (Å²) in [5, 5.41) is 0. The van der Waals surface area contributed by atoms with Gasteiger partial charge in [0.2, 0.25) is 0 Å². The van der Waals surface area contributed by atoms with E-state index in [2.05, 4.69) is 15.9 Å². The molecule has 16 heavy (non-hydrogen) atoms. The molecule has 88 valence electrons. The van der Waals surface area contributed by atoms with Crippen molar-refractivity contribution in [3.63, 3.8) is 0 Å². The Morgan fingerprint density at radius 1 is 1.44 bits per heavy atom. The molecule has 2 N–H and O–H groups in total. The fourth-order valence-electron chi connectivity index (χ4n) is 2.22. The average Bonchev–Trinajstić information content (AvgIpc) is 2.64. The first-order valence-corrected chi connectivity index (χ1v) is 5.93. The number of hydrogen-bond acceptors (Lipinski definition) is 2. The lowest BCUT2D eigenvalue weighted by Crippen LogP contribution is -2.27. The molecule has 1 atom stereocenters. The molecule has 0 aromatic heterocycles. The van der Waals surface area contributed by atoms with Gasteiger partial charge in [-0.2, -0.15) is 0 Å². The van der Waals surface area contributed by atoms with Gasteiger partial charge in [-0.15, -0.1) is 0 Å². The highest BCUT2D eigenvalue weighted by Gasteiger charge is 2.61. The molecule has 2 rings (SSSR count). The SMILES string of the molecule is COc1cc(Br)cc(F)c1C1(N)CC1(C)C. The third-order valence-corrected chi connectivity index (χ3v) is 3.95. The van der Waals surface area contributed by atoms with E-state index in [1.165, 1.54) is 13.2 Å². The molecule has 1 saturated carbocycles. The molecule has 1 aliphatic rings. The van der Waals surface area contributed by atoms with Crippen molar-refractivity contribution in [3.05, 3.63) is 28.0 Å². The fourth-order valence-corrected chi connectivity index (χ4v) is 2.63. The summed E-state index contributed by atoms with van der Waals surface area (Å²) >= 11 is 3.24. The topological polar surface area (TPSA) is 35.2 Å². The second-order valence-electron chi connectivity index (χ2n) is 5.00. The Hall–Kier alpha value is -0.610. The van der Waals surface area contributed by atoms with Gasteiger partial charge in [-0.25, -0.2) is 4.39 Å². The lowest BCUT2D eigenvalue weighted by atomic mass is 9.95. The molecule has 4 heteroatoms. The van der Waals surface area contributed by atoms with Crippen LogP contribution in [0.15, 0.2) is 16.6 Å². The van der Waals surface area contributed by atoms with Gasteiger partial charge in [-0.3, -0.25) is 0 Å². The van der Waals surface area contributed by atoms with Crippen molar-refractivity contribution in [3.8, 4) is 5.75 Å². The van der Waals surface area contributed by atoms with Gasteiger partial charge in [0.25, 0.3) is 0 Å². The van der Waals surface area contributed by atoms with E-state index in [-0.39, 0.29) is 11.2 Å². The van der Waals surface area contributed by atoms with Crippen LogP contribution in [0.1, 0.15) is 25.8 Å². The Balaban J connectivity index is 2.57. The Labute approximate surface area is 103 Å². The van der Waals surface area contributed by atoms with Crippen LogP contribution < -0.4 is 10.5 Å². The van der Waals surface area contributed by atoms with Gasteiger partial charge in [-0.05, 0) is 24.0 Å². The molecular weight excluding hydrogens is 273 g/mol. The van der Waals surface area contributed by atoms with Crippen molar-refractivity contribution in [1.82, 2.24) is 0 Å². The molecule has 0 amide bonds. The van der Waals surface area contributed by atoms with Gasteiger partial charge >= 0.3 is 0 Å². The van der Waals surface area contributed by atoms with Crippen molar-refractivity contribution in [2.45, 2.75) is 25.8 Å². The van der Waals surface area contributed by atoms with Gasteiger partial charge in [0, 0.05) is 4.47 Å². The number of rotatable bonds is 2. The number of halogens is 2. The third-order valence-electron chi connectivity index (χ3n) is 3.49. The van der Waals surface area contributed by atoms with E-state index in [0.717, 1.165) is 6.42 Å². The van der Waals surface area contributed by atoms with E-state index < -0.39 is 5.54 Å². The maximum Gasteiger partial charge on any atom is 0.133 e. The predicted octanol–water partition coefficient (Wildman–Crippen LogP) is 3.18. The Kier molecular flexibility index (Phi) is 2.55. The second kappa shape index (κ2) is 3.44. The number of benzene rings is 1. The van der Waals surface area contributed by atoms with Crippen LogP contribution in [0.4, 0.5) is 4.39 Å². The lowest BCUT2D eigenvalue weighted by molar-refractivity contribution is 0.385. The minimum atomic E-state index is -0.608. The van der Waals surface area contributed by atoms with E-state index in [4.69, 9.17) is 10.5 Å². The van der Waals surface area contributed by atoms with E-state index in [1.807, 2.05) is 13.8 Å². The average molecular weight is 288 g/mol. The van der Waals surface area contributed by atoms with Gasteiger partial charge in [-0.1, -0.05) is 29.8 Å². The standard InChI is InChI=1S/C12H15BrFNO/c1-11(2)6-12(11,15)10-8(14)4-7(13)5-9(10)16-3/h4-5H,6,15H2,1-3H3. The summed E-state index contributed by atoms with van der Waals surface area (Å²) in [6.45, 7) is 4.07. The fraction of sp³-hybridized carbons (Fsp3) is 0.500. The van der Waals surface area contributed by atoms with Crippen molar-refractivity contribution < 1.29 is 9.13 Å². The van der Waals surface area contributed by atoms with Crippen LogP contribution in [0.2, 0.25) is 0 Å². The highest BCUT2D eigenvalue weighted by Crippen LogP contribution is 2.62. The zero-order valence-electron chi connectivity index (χ0n) is 9.60. The molecule has 1 aliphatic carbocycles. The predicted molar refractivity (Wildman–Crippen MR) is 64.9 cm³/mol. The summed E-state index contributed by atoms with van der Waals surface area (Å²) in [4.78, 5) is 0. The maximum atomic E-state index is 14.0. The Bertz CT molecular complexity index is 447. The minimum absolute atomic E-state index is 0.0745. The lowest BCUT2D eigenvalue weighted by Gasteiger charge is -2.19. The van der Waals surface area contributed by atoms with Crippen LogP contribution >= 0.6 is 15.9 Å². The van der Waals surface area contributed by atoms with E-state index in [1.54, 1.807) is 6.07 Å². The number of methoxy groups -OCH3 is 1. The molecule has 0 aliphatic heterocycles. The number of nitrogens with two attached hydrogens (primary N) is 1. The molecular formula is C12H15BrFNO. The molecule has 1 aromatic carbocycles. The van der Waals surface area contributed by atoms with Crippen LogP contribution in [0, 0.1) is 11.2 Å². The van der Waals surface area contributed by atoms with Crippen LogP contribution in [0.25, 0.3) is 0 Å². The minimum Gasteiger partial charge on any atom is -0.496 e. The van der Waals surface area contributed by atoms with Crippen LogP contribution in [-0.2, 0) is 5.54 Å². The van der Waals surface area contributed by atoms with Gasteiger partial charge in [0.05, 0.1) is 18.2 Å². The van der Waals surface area contributed by atoms with Gasteiger partial charge in [0.1, 0.15) is 11.6 Å². The maximum absolute atomic E-state index is 14.0. The first-order chi connectivity index (χ1) is 7.32. The van der Waals surface area contributed by atoms with Crippen LogP contribution in [0.3, 0.4) is 0 Å². The molecule has 1 aromatic rings. The molecule has 0 spiro atoms. The monoisotopic (exact) mass is 287 g/mol. The second-order valence-corrected chi connectivity index (χ2v) is 5.91. The number of ether oxygens (including phenoxy) is 1. The van der Waals surface area contributed by atoms with Crippen LogP contribution in [0.5, 0.6) is 5.75 Å². The zero-order valence-corrected chi connectivity index (χ0v) is 11.2. The molecule has 0 heterocycles. The van der Waals surface area contributed by atoms with Crippen molar-refractivity contribution >= 4 is 15.9 Å². The smallest absolute Gasteiger partial charge is 0.133 e. The van der Waals surface area contributed by atoms with Gasteiger partial charge < -0.3 is 10.5 Å². The Morgan fingerprint density at radius 3 is 2.44 bits per heavy atom. The first-order valence-electron chi connectivity index (χ1n) is 5.14. The van der Waals surface area contributed by atoms with Crippen molar-refractivity contribution in [2.75, 3.05) is 7.11 Å². The van der Waals surface area contributed by atoms with E-state index >= 15 is 0 Å². The Morgan fingerprint density at radius 2 is 2.00 bits per heavy atom. The zero-order chi connectivity index (χ0) is 12.1. The highest BCUT2D eigenvalue weighted by atomic mass is 79.9. The van der Waals surface area contributed by atoms with E-state index in [9.17, 15) is 4.39 Å². The molecule has 1 fully saturated rings. The largest absolute Gasteiger partial charge is 0.496 e. The highest BCUT2D eigenvalue weighted by molar-refractivity contribution is 9.10. The third kappa shape index (κ3) is 1.55. The quantitative estimate of drug-likeness (QED) is 0.907. The first kappa shape index (κ1) is 11.9. The molecule has 0 radical (unpaired) electrons. The summed E-state index contributed by atoms with van der Waals surface area (Å²) in [5.74, 6) is 0.208. The summed E-state index contributed by atoms with van der Waals surface area (Å²) in [5.41, 5.74) is 6.04. The molecule has 0 bridgehead atoms. The summed E-state index contributed by atoms with van der Waals surface area (Å²) < 4.78 is 19.9. The summed E-state index contributed by atoms with van der Waals surface area (Å²) in [7, 11) is 1.53. The molecule has 2 nitrogen and oxygen atoms in total. The van der Waals surface area contributed by atoms with E-state index in [0.29, 0.717) is 15.8 Å². The van der Waals surface area contributed by atoms with Crippen LogP contribution in [-0.4, -0.2) is 7.11 Å². The van der Waals surface area contributed by atoms with Crippen molar-refractivity contribution in [2.24, 2.45) is 11.1 Å². The molecule has 1 unspecified atom stereocenters. The summed E-state index contributed by atoms with van der Waals surface area (Å²) in [6.07, 6.45) is 0.773. The summed E-state index contributed by atoms with van der Waals surface area (Å²) in [6, 6.07) is 3.18.